The maximum absolute atomic E-state index is 13.7. The van der Waals surface area contributed by atoms with Gasteiger partial charge < -0.3 is 4.74 Å². The van der Waals surface area contributed by atoms with Crippen molar-refractivity contribution in [3.63, 3.8) is 0 Å². The van der Waals surface area contributed by atoms with Crippen LogP contribution in [0, 0.1) is 20.8 Å². The Bertz CT molecular complexity index is 1350. The van der Waals surface area contributed by atoms with Gasteiger partial charge in [0.2, 0.25) is 10.0 Å². The highest BCUT2D eigenvalue weighted by Crippen LogP contribution is 2.43. The molecule has 2 heterocycles. The minimum Gasteiger partial charge on any atom is -0.383 e. The molecule has 0 radical (unpaired) electrons. The maximum Gasteiger partial charge on any atom is 0.243 e. The van der Waals surface area contributed by atoms with Crippen molar-refractivity contribution in [2.45, 2.75) is 56.5 Å². The molecule has 3 aromatic rings. The smallest absolute Gasteiger partial charge is 0.243 e. The molecule has 2 aliphatic rings. The molecule has 0 spiro atoms. The zero-order valence-corrected chi connectivity index (χ0v) is 23.2. The van der Waals surface area contributed by atoms with Crippen LogP contribution < -0.4 is 0 Å². The van der Waals surface area contributed by atoms with Gasteiger partial charge in [-0.25, -0.2) is 8.42 Å². The van der Waals surface area contributed by atoms with E-state index < -0.39 is 10.0 Å². The molecule has 0 amide bonds. The minimum absolute atomic E-state index is 0.130. The van der Waals surface area contributed by atoms with Crippen molar-refractivity contribution in [2.75, 3.05) is 33.4 Å². The minimum atomic E-state index is -3.57. The lowest BCUT2D eigenvalue weighted by molar-refractivity contribution is -0.0635. The van der Waals surface area contributed by atoms with Crippen LogP contribution in [0.15, 0.2) is 71.6 Å². The molecule has 3 atom stereocenters. The van der Waals surface area contributed by atoms with Crippen molar-refractivity contribution >= 4 is 10.0 Å². The highest BCUT2D eigenvalue weighted by atomic mass is 32.2. The molecular formula is C31H38N2O3S. The Morgan fingerprint density at radius 1 is 0.865 bits per heavy atom. The number of sulfonamides is 1. The van der Waals surface area contributed by atoms with Gasteiger partial charge in [-0.15, -0.1) is 0 Å². The first-order chi connectivity index (χ1) is 17.8. The van der Waals surface area contributed by atoms with Crippen LogP contribution in [0.4, 0.5) is 0 Å². The van der Waals surface area contributed by atoms with Crippen molar-refractivity contribution in [3.05, 3.63) is 89.0 Å². The van der Waals surface area contributed by atoms with E-state index in [9.17, 15) is 8.42 Å². The summed E-state index contributed by atoms with van der Waals surface area (Å²) in [4.78, 5) is 2.90. The number of hydrogen-bond donors (Lipinski definition) is 0. The molecule has 0 N–H and O–H groups in total. The SMILES string of the molecule is COC[C@@H]1C(c2ccc(-c3cccc(C)c3C)cc2)[C@@H]2CN(S(=O)(=O)c3ccccc3C)CCCCN12. The molecular weight excluding hydrogens is 480 g/mol. The van der Waals surface area contributed by atoms with Crippen LogP contribution in [-0.4, -0.2) is 63.1 Å². The van der Waals surface area contributed by atoms with Crippen LogP contribution in [0.1, 0.15) is 41.0 Å². The van der Waals surface area contributed by atoms with E-state index in [1.807, 2.05) is 25.1 Å². The number of rotatable bonds is 6. The molecule has 0 aliphatic carbocycles. The van der Waals surface area contributed by atoms with Crippen molar-refractivity contribution in [3.8, 4) is 11.1 Å². The fraction of sp³-hybridized carbons (Fsp3) is 0.419. The summed E-state index contributed by atoms with van der Waals surface area (Å²) >= 11 is 0. The Morgan fingerprint density at radius 2 is 1.57 bits per heavy atom. The average molecular weight is 519 g/mol. The molecule has 6 heteroatoms. The molecule has 196 valence electrons. The highest BCUT2D eigenvalue weighted by molar-refractivity contribution is 7.89. The van der Waals surface area contributed by atoms with Gasteiger partial charge in [0.15, 0.2) is 0 Å². The summed E-state index contributed by atoms with van der Waals surface area (Å²) in [6.45, 7) is 8.89. The van der Waals surface area contributed by atoms with E-state index in [2.05, 4.69) is 61.2 Å². The Labute approximate surface area is 222 Å². The van der Waals surface area contributed by atoms with Crippen LogP contribution in [0.25, 0.3) is 11.1 Å². The molecule has 0 aromatic heterocycles. The molecule has 37 heavy (non-hydrogen) atoms. The molecule has 2 saturated heterocycles. The maximum atomic E-state index is 13.7. The van der Waals surface area contributed by atoms with Gasteiger partial charge in [-0.1, -0.05) is 60.7 Å². The first-order valence-corrected chi connectivity index (χ1v) is 14.7. The summed E-state index contributed by atoms with van der Waals surface area (Å²) in [5.41, 5.74) is 7.12. The lowest BCUT2D eigenvalue weighted by atomic mass is 9.74. The van der Waals surface area contributed by atoms with Crippen molar-refractivity contribution in [1.29, 1.82) is 0 Å². The van der Waals surface area contributed by atoms with E-state index in [-0.39, 0.29) is 18.0 Å². The average Bonchev–Trinajstić information content (AvgIpc) is 2.87. The second-order valence-electron chi connectivity index (χ2n) is 10.6. The lowest BCUT2D eigenvalue weighted by Gasteiger charge is -2.57. The summed E-state index contributed by atoms with van der Waals surface area (Å²) in [6.07, 6.45) is 1.85. The van der Waals surface area contributed by atoms with Crippen molar-refractivity contribution < 1.29 is 13.2 Å². The van der Waals surface area contributed by atoms with Crippen LogP contribution in [0.2, 0.25) is 0 Å². The molecule has 5 rings (SSSR count). The Morgan fingerprint density at radius 3 is 2.30 bits per heavy atom. The number of methoxy groups -OCH3 is 1. The van der Waals surface area contributed by atoms with Crippen molar-refractivity contribution in [2.24, 2.45) is 0 Å². The van der Waals surface area contributed by atoms with Gasteiger partial charge in [-0.2, -0.15) is 4.31 Å². The van der Waals surface area contributed by atoms with E-state index in [1.54, 1.807) is 17.5 Å². The number of benzene rings is 3. The number of nitrogens with zero attached hydrogens (tertiary/aromatic N) is 2. The fourth-order valence-electron chi connectivity index (χ4n) is 6.21. The number of aryl methyl sites for hydroxylation is 2. The standard InChI is InChI=1S/C31H38N2O3S/c1-22-11-9-12-27(24(22)3)25-14-16-26(17-15-25)31-28-20-32(18-7-8-19-33(28)29(31)21-36-4)37(34,35)30-13-6-5-10-23(30)2/h5-6,9-17,28-29,31H,7-8,18-21H2,1-4H3/t28-,29+,31?/m0/s1. The topological polar surface area (TPSA) is 49.9 Å². The van der Waals surface area contributed by atoms with Gasteiger partial charge >= 0.3 is 0 Å². The van der Waals surface area contributed by atoms with E-state index >= 15 is 0 Å². The van der Waals surface area contributed by atoms with Gasteiger partial charge in [-0.05, 0) is 79.6 Å². The Kier molecular flexibility index (Phi) is 7.55. The number of fused-ring (bicyclic) bond motifs is 1. The van der Waals surface area contributed by atoms with Gasteiger partial charge in [0.1, 0.15) is 0 Å². The lowest BCUT2D eigenvalue weighted by Crippen LogP contribution is -2.68. The van der Waals surface area contributed by atoms with Gasteiger partial charge in [0.25, 0.3) is 0 Å². The molecule has 2 fully saturated rings. The van der Waals surface area contributed by atoms with Gasteiger partial charge in [-0.3, -0.25) is 4.90 Å². The van der Waals surface area contributed by atoms with Gasteiger partial charge in [0, 0.05) is 38.2 Å². The summed E-state index contributed by atoms with van der Waals surface area (Å²) in [5.74, 6) is 0.222. The van der Waals surface area contributed by atoms with Gasteiger partial charge in [0.05, 0.1) is 11.5 Å². The zero-order valence-electron chi connectivity index (χ0n) is 22.4. The van der Waals surface area contributed by atoms with Crippen LogP contribution in [0.3, 0.4) is 0 Å². The molecule has 2 aliphatic heterocycles. The molecule has 3 aromatic carbocycles. The van der Waals surface area contributed by atoms with Crippen LogP contribution in [-0.2, 0) is 14.8 Å². The third kappa shape index (κ3) is 4.88. The first kappa shape index (κ1) is 26.1. The predicted molar refractivity (Wildman–Crippen MR) is 149 cm³/mol. The normalized spacial score (nSPS) is 23.1. The summed E-state index contributed by atoms with van der Waals surface area (Å²) < 4.78 is 34.9. The number of hydrogen-bond acceptors (Lipinski definition) is 4. The predicted octanol–water partition coefficient (Wildman–Crippen LogP) is 5.55. The molecule has 0 bridgehead atoms. The Balaban J connectivity index is 1.46. The molecule has 0 saturated carbocycles. The monoisotopic (exact) mass is 518 g/mol. The van der Waals surface area contributed by atoms with E-state index in [0.717, 1.165) is 24.9 Å². The largest absolute Gasteiger partial charge is 0.383 e. The number of ether oxygens (including phenoxy) is 1. The zero-order chi connectivity index (χ0) is 26.2. The third-order valence-corrected chi connectivity index (χ3v) is 10.4. The Hall–Kier alpha value is -2.51. The van der Waals surface area contributed by atoms with E-state index in [4.69, 9.17) is 4.74 Å². The molecule has 1 unspecified atom stereocenters. The second-order valence-corrected chi connectivity index (χ2v) is 12.5. The third-order valence-electron chi connectivity index (χ3n) is 8.41. The van der Waals surface area contributed by atoms with Crippen LogP contribution in [0.5, 0.6) is 0 Å². The summed E-state index contributed by atoms with van der Waals surface area (Å²) in [5, 5.41) is 0. The first-order valence-electron chi connectivity index (χ1n) is 13.3. The second kappa shape index (κ2) is 10.7. The van der Waals surface area contributed by atoms with E-state index in [1.165, 1.54) is 27.8 Å². The molecule has 5 nitrogen and oxygen atoms in total. The van der Waals surface area contributed by atoms with Crippen molar-refractivity contribution in [1.82, 2.24) is 9.21 Å². The fourth-order valence-corrected chi connectivity index (χ4v) is 7.93. The van der Waals surface area contributed by atoms with E-state index in [0.29, 0.717) is 24.6 Å². The quantitative estimate of drug-likeness (QED) is 0.430. The van der Waals surface area contributed by atoms with Crippen LogP contribution >= 0.6 is 0 Å². The highest BCUT2D eigenvalue weighted by Gasteiger charge is 2.50. The summed E-state index contributed by atoms with van der Waals surface area (Å²) in [7, 11) is -1.81. The summed E-state index contributed by atoms with van der Waals surface area (Å²) in [6, 6.07) is 23.0.